The van der Waals surface area contributed by atoms with Gasteiger partial charge in [-0.3, -0.25) is 9.21 Å². The third-order valence-electron chi connectivity index (χ3n) is 5.94. The lowest BCUT2D eigenvalue weighted by atomic mass is 10.2. The molecule has 5 rings (SSSR count). The smallest absolute Gasteiger partial charge is 0.273 e. The number of benzene rings is 1. The Bertz CT molecular complexity index is 1330. The van der Waals surface area contributed by atoms with Gasteiger partial charge in [0.1, 0.15) is 9.22 Å². The summed E-state index contributed by atoms with van der Waals surface area (Å²) in [5.41, 5.74) is 2.23. The van der Waals surface area contributed by atoms with Gasteiger partial charge in [0.2, 0.25) is 0 Å². The average molecular weight is 489 g/mol. The Morgan fingerprint density at radius 3 is 2.97 bits per heavy atom. The van der Waals surface area contributed by atoms with E-state index in [0.717, 1.165) is 52.4 Å². The number of thiazole rings is 1. The number of aromatic amines is 1. The van der Waals surface area contributed by atoms with E-state index in [2.05, 4.69) is 14.9 Å². The number of aliphatic hydroxyl groups is 1. The van der Waals surface area contributed by atoms with Crippen LogP contribution in [0.4, 0.5) is 5.69 Å². The Balaban J connectivity index is 1.44. The van der Waals surface area contributed by atoms with E-state index in [0.29, 0.717) is 9.90 Å². The molecule has 10 heteroatoms. The number of aliphatic hydroxyl groups excluding tert-OH is 1. The largest absolute Gasteiger partial charge is 0.395 e. The number of nitrogens with zero attached hydrogens (tertiary/aromatic N) is 3. The Morgan fingerprint density at radius 2 is 2.19 bits per heavy atom. The number of H-pyrrole nitrogens is 1. The van der Waals surface area contributed by atoms with Gasteiger partial charge in [0.15, 0.2) is 0 Å². The second kappa shape index (κ2) is 8.60. The summed E-state index contributed by atoms with van der Waals surface area (Å²) >= 11 is 2.83. The van der Waals surface area contributed by atoms with Gasteiger partial charge in [-0.25, -0.2) is 13.4 Å². The fraction of sp³-hybridized carbons (Fsp3) is 0.318. The highest BCUT2D eigenvalue weighted by Crippen LogP contribution is 2.35. The van der Waals surface area contributed by atoms with E-state index in [9.17, 15) is 13.5 Å². The molecule has 0 unspecified atom stereocenters. The number of nitrogens with one attached hydrogen (secondary N) is 1. The molecule has 7 nitrogen and oxygen atoms in total. The van der Waals surface area contributed by atoms with Crippen molar-refractivity contribution in [3.8, 4) is 10.7 Å². The van der Waals surface area contributed by atoms with Crippen molar-refractivity contribution in [1.82, 2.24) is 14.9 Å². The lowest BCUT2D eigenvalue weighted by molar-refractivity contribution is 0.154. The maximum atomic E-state index is 13.0. The van der Waals surface area contributed by atoms with Gasteiger partial charge in [0.05, 0.1) is 23.5 Å². The monoisotopic (exact) mass is 488 g/mol. The summed E-state index contributed by atoms with van der Waals surface area (Å²) in [5, 5.41) is 13.1. The van der Waals surface area contributed by atoms with E-state index < -0.39 is 10.0 Å². The molecule has 0 amide bonds. The second-order valence-electron chi connectivity index (χ2n) is 7.91. The lowest BCUT2D eigenvalue weighted by Gasteiger charge is -2.21. The summed E-state index contributed by atoms with van der Waals surface area (Å²) in [6, 6.07) is 11.2. The topological polar surface area (TPSA) is 89.5 Å². The highest BCUT2D eigenvalue weighted by Gasteiger charge is 2.26. The van der Waals surface area contributed by atoms with Gasteiger partial charge in [-0.2, -0.15) is 0 Å². The van der Waals surface area contributed by atoms with Gasteiger partial charge in [-0.1, -0.05) is 18.2 Å². The zero-order chi connectivity index (χ0) is 22.3. The summed E-state index contributed by atoms with van der Waals surface area (Å²) in [6.07, 6.45) is 4.05. The van der Waals surface area contributed by atoms with E-state index in [1.165, 1.54) is 15.6 Å². The molecule has 4 heterocycles. The van der Waals surface area contributed by atoms with Crippen LogP contribution in [-0.4, -0.2) is 54.6 Å². The van der Waals surface area contributed by atoms with Gasteiger partial charge < -0.3 is 10.1 Å². The summed E-state index contributed by atoms with van der Waals surface area (Å²) < 4.78 is 27.7. The number of hydrogen-bond donors (Lipinski definition) is 2. The molecule has 4 aromatic rings. The molecule has 168 valence electrons. The van der Waals surface area contributed by atoms with Crippen molar-refractivity contribution in [2.45, 2.75) is 29.6 Å². The van der Waals surface area contributed by atoms with Gasteiger partial charge in [0.25, 0.3) is 10.0 Å². The van der Waals surface area contributed by atoms with Crippen LogP contribution in [0.15, 0.2) is 52.2 Å². The number of hydrogen-bond acceptors (Lipinski definition) is 7. The van der Waals surface area contributed by atoms with Crippen LogP contribution >= 0.6 is 22.7 Å². The number of para-hydroxylation sites is 1. The van der Waals surface area contributed by atoms with Crippen LogP contribution in [0, 0.1) is 0 Å². The summed E-state index contributed by atoms with van der Waals surface area (Å²) in [5.74, 6) is 0. The molecular formula is C22H24N4O3S3. The van der Waals surface area contributed by atoms with Crippen LogP contribution < -0.4 is 4.31 Å². The minimum atomic E-state index is -3.62. The standard InChI is InChI=1S/C22H24N4O3S3/c1-25(32(28,29)20-8-4-10-30-20)19-7-2-5-15-11-18(24-21(15)19)22-23-12-17(31-22)13-26-9-3-6-16(26)14-27/h2,4-5,7-8,10-12,16,24,27H,3,6,9,13-14H2,1H3/t16-/m0/s1. The van der Waals surface area contributed by atoms with E-state index in [-0.39, 0.29) is 12.6 Å². The highest BCUT2D eigenvalue weighted by atomic mass is 32.2. The SMILES string of the molecule is CN(c1cccc2cc(-c3ncc(CN4CCC[C@H]4CO)s3)[nH]c12)S(=O)(=O)c1cccs1. The van der Waals surface area contributed by atoms with Crippen molar-refractivity contribution in [1.29, 1.82) is 0 Å². The van der Waals surface area contributed by atoms with Gasteiger partial charge >= 0.3 is 0 Å². The first-order valence-electron chi connectivity index (χ1n) is 10.4. The third-order valence-corrected chi connectivity index (χ3v) is 10.1. The molecule has 1 aliphatic heterocycles. The van der Waals surface area contributed by atoms with Gasteiger partial charge in [0, 0.05) is 36.1 Å². The van der Waals surface area contributed by atoms with Crippen molar-refractivity contribution in [2.24, 2.45) is 0 Å². The molecule has 2 N–H and O–H groups in total. The predicted octanol–water partition coefficient (Wildman–Crippen LogP) is 4.13. The molecule has 3 aromatic heterocycles. The minimum Gasteiger partial charge on any atom is -0.395 e. The summed E-state index contributed by atoms with van der Waals surface area (Å²) in [7, 11) is -2.04. The molecule has 0 radical (unpaired) electrons. The van der Waals surface area contributed by atoms with Crippen LogP contribution in [0.1, 0.15) is 17.7 Å². The molecule has 0 bridgehead atoms. The normalized spacial score (nSPS) is 17.4. The van der Waals surface area contributed by atoms with Crippen LogP contribution in [0.3, 0.4) is 0 Å². The molecule has 1 aromatic carbocycles. The molecule has 1 atom stereocenters. The Hall–Kier alpha value is -2.24. The Morgan fingerprint density at radius 1 is 1.31 bits per heavy atom. The molecule has 0 saturated carbocycles. The quantitative estimate of drug-likeness (QED) is 0.408. The molecule has 32 heavy (non-hydrogen) atoms. The van der Waals surface area contributed by atoms with E-state index in [4.69, 9.17) is 0 Å². The molecule has 1 fully saturated rings. The maximum Gasteiger partial charge on any atom is 0.273 e. The van der Waals surface area contributed by atoms with Crippen LogP contribution in [0.2, 0.25) is 0 Å². The summed E-state index contributed by atoms with van der Waals surface area (Å²) in [6.45, 7) is 1.98. The van der Waals surface area contributed by atoms with Gasteiger partial charge in [-0.05, 0) is 43.0 Å². The minimum absolute atomic E-state index is 0.193. The van der Waals surface area contributed by atoms with E-state index in [1.807, 2.05) is 30.5 Å². The zero-order valence-electron chi connectivity index (χ0n) is 17.6. The van der Waals surface area contributed by atoms with Gasteiger partial charge in [-0.15, -0.1) is 22.7 Å². The summed E-state index contributed by atoms with van der Waals surface area (Å²) in [4.78, 5) is 11.5. The number of anilines is 1. The van der Waals surface area contributed by atoms with Crippen LogP contribution in [0.25, 0.3) is 21.6 Å². The van der Waals surface area contributed by atoms with Crippen molar-refractivity contribution >= 4 is 49.3 Å². The highest BCUT2D eigenvalue weighted by molar-refractivity contribution is 7.94. The van der Waals surface area contributed by atoms with Crippen molar-refractivity contribution in [3.05, 3.63) is 52.9 Å². The number of thiophene rings is 1. The number of fused-ring (bicyclic) bond motifs is 1. The van der Waals surface area contributed by atoms with Crippen LogP contribution in [-0.2, 0) is 16.6 Å². The molecule has 1 aliphatic rings. The van der Waals surface area contributed by atoms with Crippen molar-refractivity contribution in [3.63, 3.8) is 0 Å². The average Bonchev–Trinajstić information content (AvgIpc) is 3.59. The van der Waals surface area contributed by atoms with E-state index >= 15 is 0 Å². The third kappa shape index (κ3) is 3.86. The first-order chi connectivity index (χ1) is 15.5. The second-order valence-corrected chi connectivity index (χ2v) is 12.2. The molecular weight excluding hydrogens is 464 g/mol. The Labute approximate surface area is 195 Å². The van der Waals surface area contributed by atoms with Crippen molar-refractivity contribution in [2.75, 3.05) is 24.5 Å². The number of rotatable bonds is 7. The van der Waals surface area contributed by atoms with Crippen molar-refractivity contribution < 1.29 is 13.5 Å². The fourth-order valence-corrected chi connectivity index (χ4v) is 7.49. The van der Waals surface area contributed by atoms with Crippen LogP contribution in [0.5, 0.6) is 0 Å². The number of sulfonamides is 1. The fourth-order valence-electron chi connectivity index (χ4n) is 4.21. The zero-order valence-corrected chi connectivity index (χ0v) is 20.0. The molecule has 1 saturated heterocycles. The van der Waals surface area contributed by atoms with E-state index in [1.54, 1.807) is 35.9 Å². The number of aromatic nitrogens is 2. The molecule has 0 aliphatic carbocycles. The maximum absolute atomic E-state index is 13.0. The number of likely N-dealkylation sites (tertiary alicyclic amines) is 1. The first kappa shape index (κ1) is 21.6. The molecule has 0 spiro atoms. The predicted molar refractivity (Wildman–Crippen MR) is 130 cm³/mol. The first-order valence-corrected chi connectivity index (χ1v) is 13.5. The lowest BCUT2D eigenvalue weighted by Crippen LogP contribution is -2.31. The Kier molecular flexibility index (Phi) is 5.81.